The first-order valence-electron chi connectivity index (χ1n) is 6.22. The molecule has 100 valence electrons. The maximum absolute atomic E-state index is 11.2. The molecule has 0 bridgehead atoms. The molecule has 0 saturated heterocycles. The Kier molecular flexibility index (Phi) is 3.18. The van der Waals surface area contributed by atoms with Crippen molar-refractivity contribution in [3.05, 3.63) is 65.9 Å². The van der Waals surface area contributed by atoms with E-state index in [2.05, 4.69) is 5.10 Å². The van der Waals surface area contributed by atoms with E-state index in [0.29, 0.717) is 12.1 Å². The van der Waals surface area contributed by atoms with Crippen molar-refractivity contribution in [2.24, 2.45) is 0 Å². The summed E-state index contributed by atoms with van der Waals surface area (Å²) in [6.45, 7) is 0.633. The molecule has 0 atom stereocenters. The quantitative estimate of drug-likeness (QED) is 0.564. The Morgan fingerprint density at radius 1 is 1.15 bits per heavy atom. The number of carbonyl (C=O) groups is 1. The van der Waals surface area contributed by atoms with Crippen LogP contribution in [0.15, 0.2) is 54.7 Å². The minimum Gasteiger partial charge on any atom is -0.288 e. The summed E-state index contributed by atoms with van der Waals surface area (Å²) in [5.74, 6) is -0.513. The van der Waals surface area contributed by atoms with Gasteiger partial charge in [0.15, 0.2) is 0 Å². The summed E-state index contributed by atoms with van der Waals surface area (Å²) in [5, 5.41) is 14.0. The van der Waals surface area contributed by atoms with Gasteiger partial charge in [0.25, 0.3) is 5.91 Å². The topological polar surface area (TPSA) is 67.2 Å². The van der Waals surface area contributed by atoms with Gasteiger partial charge in [-0.2, -0.15) is 5.10 Å². The minimum atomic E-state index is -0.513. The van der Waals surface area contributed by atoms with Gasteiger partial charge in [0.05, 0.1) is 18.3 Å². The van der Waals surface area contributed by atoms with E-state index in [-0.39, 0.29) is 0 Å². The number of nitrogens with one attached hydrogen (secondary N) is 1. The highest BCUT2D eigenvalue weighted by molar-refractivity contribution is 5.93. The van der Waals surface area contributed by atoms with Crippen molar-refractivity contribution in [2.75, 3.05) is 0 Å². The zero-order valence-corrected chi connectivity index (χ0v) is 10.7. The number of hydrogen-bond donors (Lipinski definition) is 2. The van der Waals surface area contributed by atoms with Crippen molar-refractivity contribution < 1.29 is 10.0 Å². The number of amides is 1. The smallest absolute Gasteiger partial charge is 0.274 e. The molecule has 2 N–H and O–H groups in total. The highest BCUT2D eigenvalue weighted by atomic mass is 16.5. The third kappa shape index (κ3) is 2.26. The summed E-state index contributed by atoms with van der Waals surface area (Å²) in [6, 6.07) is 15.1. The summed E-state index contributed by atoms with van der Waals surface area (Å²) in [6.07, 6.45) is 1.84. The Labute approximate surface area is 115 Å². The highest BCUT2D eigenvalue weighted by Crippen LogP contribution is 2.14. The molecule has 0 aliphatic heterocycles. The third-order valence-electron chi connectivity index (χ3n) is 3.20. The monoisotopic (exact) mass is 267 g/mol. The molecule has 2 aromatic carbocycles. The first kappa shape index (κ1) is 12.4. The van der Waals surface area contributed by atoms with E-state index in [0.717, 1.165) is 16.5 Å². The van der Waals surface area contributed by atoms with Crippen molar-refractivity contribution in [1.82, 2.24) is 15.3 Å². The largest absolute Gasteiger partial charge is 0.288 e. The fourth-order valence-corrected chi connectivity index (χ4v) is 2.15. The number of fused-ring (bicyclic) bond motifs is 1. The van der Waals surface area contributed by atoms with Gasteiger partial charge in [0.1, 0.15) is 0 Å². The Morgan fingerprint density at radius 3 is 2.65 bits per heavy atom. The van der Waals surface area contributed by atoms with E-state index >= 15 is 0 Å². The minimum absolute atomic E-state index is 0.418. The molecule has 20 heavy (non-hydrogen) atoms. The van der Waals surface area contributed by atoms with Crippen LogP contribution in [0.25, 0.3) is 10.9 Å². The second kappa shape index (κ2) is 5.14. The SMILES string of the molecule is O=C(NO)c1ccc(Cn2ncc3ccccc32)cc1. The summed E-state index contributed by atoms with van der Waals surface area (Å²) in [5.41, 5.74) is 4.14. The number of nitrogens with zero attached hydrogens (tertiary/aromatic N) is 2. The number of hydroxylamine groups is 1. The second-order valence-corrected chi connectivity index (χ2v) is 4.50. The first-order chi connectivity index (χ1) is 9.78. The molecule has 3 aromatic rings. The van der Waals surface area contributed by atoms with Gasteiger partial charge in [0, 0.05) is 10.9 Å². The van der Waals surface area contributed by atoms with E-state index in [4.69, 9.17) is 5.21 Å². The van der Waals surface area contributed by atoms with Crippen LogP contribution in [0.5, 0.6) is 0 Å². The predicted octanol–water partition coefficient (Wildman–Crippen LogP) is 2.20. The number of rotatable bonds is 3. The number of aromatic nitrogens is 2. The molecule has 5 nitrogen and oxygen atoms in total. The average molecular weight is 267 g/mol. The molecule has 0 aliphatic carbocycles. The number of benzene rings is 2. The van der Waals surface area contributed by atoms with Gasteiger partial charge >= 0.3 is 0 Å². The third-order valence-corrected chi connectivity index (χ3v) is 3.20. The average Bonchev–Trinajstić information content (AvgIpc) is 2.91. The Balaban J connectivity index is 1.86. The molecule has 0 saturated carbocycles. The molecule has 0 unspecified atom stereocenters. The second-order valence-electron chi connectivity index (χ2n) is 4.50. The Bertz CT molecular complexity index is 747. The molecule has 3 rings (SSSR count). The zero-order valence-electron chi connectivity index (χ0n) is 10.7. The van der Waals surface area contributed by atoms with Gasteiger partial charge in [-0.05, 0) is 23.8 Å². The molecule has 0 fully saturated rings. The summed E-state index contributed by atoms with van der Waals surface area (Å²) in [4.78, 5) is 11.2. The number of hydrogen-bond acceptors (Lipinski definition) is 3. The lowest BCUT2D eigenvalue weighted by molar-refractivity contribution is 0.0706. The molecular weight excluding hydrogens is 254 g/mol. The maximum Gasteiger partial charge on any atom is 0.274 e. The normalized spacial score (nSPS) is 10.7. The van der Waals surface area contributed by atoms with Gasteiger partial charge in [-0.3, -0.25) is 14.7 Å². The van der Waals surface area contributed by atoms with Crippen molar-refractivity contribution in [2.45, 2.75) is 6.54 Å². The molecule has 0 radical (unpaired) electrons. The maximum atomic E-state index is 11.2. The van der Waals surface area contributed by atoms with Crippen LogP contribution in [-0.4, -0.2) is 20.9 Å². The standard InChI is InChI=1S/C15H13N3O2/c19-15(17-20)12-7-5-11(6-8-12)10-18-14-4-2-1-3-13(14)9-16-18/h1-9,20H,10H2,(H,17,19). The van der Waals surface area contributed by atoms with Gasteiger partial charge in [-0.15, -0.1) is 0 Å². The lowest BCUT2D eigenvalue weighted by Gasteiger charge is -2.05. The highest BCUT2D eigenvalue weighted by Gasteiger charge is 2.05. The van der Waals surface area contributed by atoms with Crippen LogP contribution in [0.2, 0.25) is 0 Å². The van der Waals surface area contributed by atoms with E-state index in [1.54, 1.807) is 17.6 Å². The van der Waals surface area contributed by atoms with Crippen molar-refractivity contribution in [1.29, 1.82) is 0 Å². The molecule has 5 heteroatoms. The van der Waals surface area contributed by atoms with Gasteiger partial charge < -0.3 is 0 Å². The van der Waals surface area contributed by atoms with Crippen LogP contribution in [0.3, 0.4) is 0 Å². The Hall–Kier alpha value is -2.66. The molecule has 1 amide bonds. The fourth-order valence-electron chi connectivity index (χ4n) is 2.15. The van der Waals surface area contributed by atoms with Gasteiger partial charge in [-0.25, -0.2) is 5.48 Å². The van der Waals surface area contributed by atoms with Crippen LogP contribution < -0.4 is 5.48 Å². The van der Waals surface area contributed by atoms with Gasteiger partial charge in [-0.1, -0.05) is 30.3 Å². The van der Waals surface area contributed by atoms with E-state index in [9.17, 15) is 4.79 Å². The lowest BCUT2D eigenvalue weighted by atomic mass is 10.1. The van der Waals surface area contributed by atoms with E-state index in [1.807, 2.05) is 47.3 Å². The van der Waals surface area contributed by atoms with Crippen LogP contribution in [-0.2, 0) is 6.54 Å². The van der Waals surface area contributed by atoms with Gasteiger partial charge in [0.2, 0.25) is 0 Å². The summed E-state index contributed by atoms with van der Waals surface area (Å²) >= 11 is 0. The molecule has 1 heterocycles. The van der Waals surface area contributed by atoms with Crippen molar-refractivity contribution in [3.8, 4) is 0 Å². The van der Waals surface area contributed by atoms with Crippen LogP contribution >= 0.6 is 0 Å². The van der Waals surface area contributed by atoms with Crippen LogP contribution in [0.1, 0.15) is 15.9 Å². The van der Waals surface area contributed by atoms with E-state index < -0.39 is 5.91 Å². The van der Waals surface area contributed by atoms with Crippen molar-refractivity contribution >= 4 is 16.8 Å². The molecule has 0 aliphatic rings. The lowest BCUT2D eigenvalue weighted by Crippen LogP contribution is -2.18. The van der Waals surface area contributed by atoms with Crippen LogP contribution in [0.4, 0.5) is 0 Å². The molecule has 0 spiro atoms. The van der Waals surface area contributed by atoms with E-state index in [1.165, 1.54) is 0 Å². The first-order valence-corrected chi connectivity index (χ1v) is 6.22. The van der Waals surface area contributed by atoms with Crippen LogP contribution in [0, 0.1) is 0 Å². The molecule has 1 aromatic heterocycles. The number of carbonyl (C=O) groups excluding carboxylic acids is 1. The summed E-state index contributed by atoms with van der Waals surface area (Å²) in [7, 11) is 0. The zero-order chi connectivity index (χ0) is 13.9. The Morgan fingerprint density at radius 2 is 1.90 bits per heavy atom. The molecular formula is C15H13N3O2. The predicted molar refractivity (Wildman–Crippen MR) is 74.5 cm³/mol. The fraction of sp³-hybridized carbons (Fsp3) is 0.0667. The number of para-hydroxylation sites is 1. The van der Waals surface area contributed by atoms with Crippen molar-refractivity contribution in [3.63, 3.8) is 0 Å². The summed E-state index contributed by atoms with van der Waals surface area (Å²) < 4.78 is 1.91.